The van der Waals surface area contributed by atoms with Crippen LogP contribution in [-0.2, 0) is 7.05 Å². The number of nitro groups is 2. The zero-order chi connectivity index (χ0) is 26.8. The Bertz CT molecular complexity index is 1190. The molecule has 0 aliphatic rings. The number of non-ortho nitro benzene ring substituents is 2. The van der Waals surface area contributed by atoms with Crippen molar-refractivity contribution < 1.29 is 9.85 Å². The van der Waals surface area contributed by atoms with Gasteiger partial charge in [-0.1, -0.05) is 78.1 Å². The van der Waals surface area contributed by atoms with Gasteiger partial charge in [0.05, 0.1) is 21.1 Å². The topological polar surface area (TPSA) is 94.4 Å². The summed E-state index contributed by atoms with van der Waals surface area (Å²) in [4.78, 5) is 24.9. The van der Waals surface area contributed by atoms with Crippen molar-refractivity contribution >= 4 is 38.9 Å². The Kier molecular flexibility index (Phi) is 10.7. The van der Waals surface area contributed by atoms with E-state index in [1.165, 1.54) is 63.5 Å². The lowest BCUT2D eigenvalue weighted by molar-refractivity contribution is -0.384. The predicted octanol–water partition coefficient (Wildman–Crippen LogP) is 8.68. The first-order valence-corrected chi connectivity index (χ1v) is 14.0. The third-order valence-electron chi connectivity index (χ3n) is 7.37. The molecule has 0 N–H and O–H groups in total. The van der Waals surface area contributed by atoms with Crippen molar-refractivity contribution in [2.24, 2.45) is 7.05 Å². The number of rotatable bonds is 17. The Morgan fingerprint density at radius 2 is 1.22 bits per heavy atom. The van der Waals surface area contributed by atoms with Crippen molar-refractivity contribution in [3.63, 3.8) is 0 Å². The second-order valence-electron chi connectivity index (χ2n) is 10.2. The van der Waals surface area contributed by atoms with E-state index in [0.29, 0.717) is 10.8 Å². The Morgan fingerprint density at radius 1 is 0.703 bits per heavy atom. The largest absolute Gasteiger partial charge is 0.370 e. The molecule has 0 aliphatic carbocycles. The summed E-state index contributed by atoms with van der Waals surface area (Å²) in [6.45, 7) is 6.13. The van der Waals surface area contributed by atoms with E-state index in [2.05, 4.69) is 18.7 Å². The highest BCUT2D eigenvalue weighted by Gasteiger charge is 2.22. The van der Waals surface area contributed by atoms with Gasteiger partial charge in [-0.15, -0.1) is 0 Å². The van der Waals surface area contributed by atoms with Crippen molar-refractivity contribution in [1.82, 2.24) is 4.57 Å². The molecular weight excluding hydrogens is 468 g/mol. The van der Waals surface area contributed by atoms with Crippen LogP contribution in [0, 0.1) is 20.2 Å². The van der Waals surface area contributed by atoms with Crippen LogP contribution >= 0.6 is 0 Å². The van der Waals surface area contributed by atoms with Crippen LogP contribution in [0.1, 0.15) is 90.9 Å². The molecule has 8 nitrogen and oxygen atoms in total. The second-order valence-corrected chi connectivity index (χ2v) is 10.2. The fraction of sp³-hybridized carbons (Fsp3) is 0.586. The molecule has 0 bridgehead atoms. The van der Waals surface area contributed by atoms with Gasteiger partial charge >= 0.3 is 0 Å². The number of nitrogens with zero attached hydrogens (tertiary/aromatic N) is 4. The zero-order valence-corrected chi connectivity index (χ0v) is 22.7. The molecule has 0 atom stereocenters. The minimum absolute atomic E-state index is 0.0101. The first-order valence-electron chi connectivity index (χ1n) is 14.0. The average molecular weight is 511 g/mol. The maximum atomic E-state index is 11.9. The SMILES string of the molecule is CCCCCCCCN(CCCCCCCC)c1cc([N+](=O)[O-])cc2c3cc([N+](=O)[O-])ccc3n(C)c12. The van der Waals surface area contributed by atoms with Crippen molar-refractivity contribution in [3.05, 3.63) is 50.6 Å². The first kappa shape index (κ1) is 28.4. The highest BCUT2D eigenvalue weighted by molar-refractivity contribution is 6.13. The molecule has 0 aliphatic heterocycles. The van der Waals surface area contributed by atoms with Gasteiger partial charge in [-0.2, -0.15) is 0 Å². The summed E-state index contributed by atoms with van der Waals surface area (Å²) in [6, 6.07) is 8.05. The number of unbranched alkanes of at least 4 members (excludes halogenated alkanes) is 10. The minimum atomic E-state index is -0.417. The van der Waals surface area contributed by atoms with Gasteiger partial charge < -0.3 is 9.47 Å². The van der Waals surface area contributed by atoms with Gasteiger partial charge in [-0.05, 0) is 18.9 Å². The molecule has 0 unspecified atom stereocenters. The van der Waals surface area contributed by atoms with E-state index in [1.54, 1.807) is 18.2 Å². The standard InChI is InChI=1S/C29H42N4O4/c1-4-6-8-10-12-14-18-31(19-15-13-11-9-7-5-2)28-22-24(33(36)37)21-26-25-20-23(32(34)35)16-17-27(25)30(3)29(26)28/h16-17,20-22H,4-15,18-19H2,1-3H3. The van der Waals surface area contributed by atoms with Gasteiger partial charge in [-0.3, -0.25) is 20.2 Å². The van der Waals surface area contributed by atoms with Gasteiger partial charge in [0.1, 0.15) is 0 Å². The van der Waals surface area contributed by atoms with Crippen LogP contribution in [-0.4, -0.2) is 27.5 Å². The molecular formula is C29H42N4O4. The van der Waals surface area contributed by atoms with E-state index < -0.39 is 4.92 Å². The molecule has 0 radical (unpaired) electrons. The number of aryl methyl sites for hydroxylation is 1. The highest BCUT2D eigenvalue weighted by Crippen LogP contribution is 2.39. The van der Waals surface area contributed by atoms with Crippen molar-refractivity contribution in [2.75, 3.05) is 18.0 Å². The van der Waals surface area contributed by atoms with E-state index in [0.717, 1.165) is 55.5 Å². The predicted molar refractivity (Wildman–Crippen MR) is 153 cm³/mol. The van der Waals surface area contributed by atoms with Crippen LogP contribution in [0.2, 0.25) is 0 Å². The van der Waals surface area contributed by atoms with Gasteiger partial charge in [0.15, 0.2) is 0 Å². The van der Waals surface area contributed by atoms with Crippen molar-refractivity contribution in [1.29, 1.82) is 0 Å². The molecule has 1 aromatic heterocycles. The van der Waals surface area contributed by atoms with E-state index >= 15 is 0 Å². The smallest absolute Gasteiger partial charge is 0.272 e. The molecule has 0 spiro atoms. The number of fused-ring (bicyclic) bond motifs is 3. The van der Waals surface area contributed by atoms with E-state index in [1.807, 2.05) is 11.6 Å². The fourth-order valence-electron chi connectivity index (χ4n) is 5.29. The second kappa shape index (κ2) is 14.0. The maximum Gasteiger partial charge on any atom is 0.272 e. The van der Waals surface area contributed by atoms with Crippen LogP contribution in [0.3, 0.4) is 0 Å². The van der Waals surface area contributed by atoms with Crippen molar-refractivity contribution in [2.45, 2.75) is 90.9 Å². The summed E-state index contributed by atoms with van der Waals surface area (Å²) < 4.78 is 2.03. The molecule has 3 aromatic rings. The fourth-order valence-corrected chi connectivity index (χ4v) is 5.29. The minimum Gasteiger partial charge on any atom is -0.370 e. The lowest BCUT2D eigenvalue weighted by Crippen LogP contribution is -2.26. The summed E-state index contributed by atoms with van der Waals surface area (Å²) in [5.41, 5.74) is 2.61. The molecule has 37 heavy (non-hydrogen) atoms. The molecule has 0 saturated heterocycles. The van der Waals surface area contributed by atoms with Crippen LogP contribution in [0.25, 0.3) is 21.8 Å². The number of nitro benzene ring substituents is 2. The number of anilines is 1. The van der Waals surface area contributed by atoms with Crippen LogP contribution in [0.15, 0.2) is 30.3 Å². The molecule has 0 saturated carbocycles. The lowest BCUT2D eigenvalue weighted by atomic mass is 10.1. The molecule has 1 heterocycles. The molecule has 3 rings (SSSR count). The normalized spacial score (nSPS) is 11.4. The van der Waals surface area contributed by atoms with Gasteiger partial charge in [-0.25, -0.2) is 0 Å². The molecule has 0 fully saturated rings. The summed E-state index contributed by atoms with van der Waals surface area (Å²) in [5.74, 6) is 0. The summed E-state index contributed by atoms with van der Waals surface area (Å²) in [5, 5.41) is 24.7. The molecule has 8 heteroatoms. The lowest BCUT2D eigenvalue weighted by Gasteiger charge is -2.26. The van der Waals surface area contributed by atoms with Gasteiger partial charge in [0.25, 0.3) is 11.4 Å². The Labute approximate surface area is 219 Å². The Balaban J connectivity index is 2.00. The highest BCUT2D eigenvalue weighted by atomic mass is 16.6. The molecule has 0 amide bonds. The van der Waals surface area contributed by atoms with Gasteiger partial charge in [0, 0.05) is 60.7 Å². The number of hydrogen-bond acceptors (Lipinski definition) is 5. The quantitative estimate of drug-likeness (QED) is 0.103. The Hall–Kier alpha value is -3.16. The van der Waals surface area contributed by atoms with E-state index in [9.17, 15) is 20.2 Å². The Morgan fingerprint density at radius 3 is 1.76 bits per heavy atom. The molecule has 202 valence electrons. The number of hydrogen-bond donors (Lipinski definition) is 0. The third-order valence-corrected chi connectivity index (χ3v) is 7.37. The third kappa shape index (κ3) is 7.21. The number of aromatic nitrogens is 1. The van der Waals surface area contributed by atoms with Crippen LogP contribution < -0.4 is 4.90 Å². The molecule has 2 aromatic carbocycles. The van der Waals surface area contributed by atoms with Crippen molar-refractivity contribution in [3.8, 4) is 0 Å². The van der Waals surface area contributed by atoms with Crippen LogP contribution in [0.5, 0.6) is 0 Å². The zero-order valence-electron chi connectivity index (χ0n) is 22.7. The number of benzene rings is 2. The first-order chi connectivity index (χ1) is 17.9. The van der Waals surface area contributed by atoms with Gasteiger partial charge in [0.2, 0.25) is 0 Å². The van der Waals surface area contributed by atoms with E-state index in [4.69, 9.17) is 0 Å². The average Bonchev–Trinajstić information content (AvgIpc) is 3.17. The monoisotopic (exact) mass is 510 g/mol. The van der Waals surface area contributed by atoms with E-state index in [-0.39, 0.29) is 16.3 Å². The summed E-state index contributed by atoms with van der Waals surface area (Å²) in [6.07, 6.45) is 14.2. The summed E-state index contributed by atoms with van der Waals surface area (Å²) in [7, 11) is 1.94. The maximum absolute atomic E-state index is 11.9. The summed E-state index contributed by atoms with van der Waals surface area (Å²) >= 11 is 0. The van der Waals surface area contributed by atoms with Crippen LogP contribution in [0.4, 0.5) is 17.1 Å².